The predicted octanol–water partition coefficient (Wildman–Crippen LogP) is 3.66. The number of carbonyl (C=O) groups is 1. The van der Waals surface area contributed by atoms with Crippen molar-refractivity contribution in [1.29, 1.82) is 0 Å². The Balaban J connectivity index is 1.27. The molecular formula is C28H34N4O3. The first-order chi connectivity index (χ1) is 17.1. The molecule has 1 unspecified atom stereocenters. The summed E-state index contributed by atoms with van der Waals surface area (Å²) in [7, 11) is 0. The van der Waals surface area contributed by atoms with E-state index in [1.165, 1.54) is 12.0 Å². The van der Waals surface area contributed by atoms with E-state index < -0.39 is 0 Å². The van der Waals surface area contributed by atoms with Crippen molar-refractivity contribution in [2.45, 2.75) is 64.8 Å². The number of hydrogen-bond acceptors (Lipinski definition) is 5. The molecule has 1 amide bonds. The minimum Gasteiger partial charge on any atom is -0.376 e. The zero-order valence-corrected chi connectivity index (χ0v) is 20.5. The molecule has 7 heteroatoms. The fourth-order valence-electron chi connectivity index (χ4n) is 5.15. The summed E-state index contributed by atoms with van der Waals surface area (Å²) in [5.74, 6) is 0.680. The van der Waals surface area contributed by atoms with E-state index in [1.807, 2.05) is 16.7 Å². The number of hydrogen-bond donors (Lipinski definition) is 1. The third-order valence-corrected chi connectivity index (χ3v) is 7.00. The van der Waals surface area contributed by atoms with E-state index in [4.69, 9.17) is 9.72 Å². The van der Waals surface area contributed by atoms with Crippen LogP contribution in [0.5, 0.6) is 0 Å². The van der Waals surface area contributed by atoms with Gasteiger partial charge >= 0.3 is 0 Å². The van der Waals surface area contributed by atoms with Crippen LogP contribution >= 0.6 is 0 Å². The molecule has 1 saturated heterocycles. The van der Waals surface area contributed by atoms with E-state index in [1.54, 1.807) is 18.2 Å². The second-order valence-corrected chi connectivity index (χ2v) is 9.80. The number of carbonyl (C=O) groups excluding carboxylic acids is 1. The Bertz CT molecular complexity index is 1270. The van der Waals surface area contributed by atoms with Crippen LogP contribution in [0.3, 0.4) is 0 Å². The molecule has 1 atom stereocenters. The fourth-order valence-corrected chi connectivity index (χ4v) is 5.15. The summed E-state index contributed by atoms with van der Waals surface area (Å²) in [6.45, 7) is 6.80. The standard InChI is InChI=1S/C28H34N4O3/c1-20-18-31(13-14-35-20)19-22-8-6-7-21(15-22)17-29-27(33)23-10-11-24-25(16-23)30-26-9-4-2-3-5-12-32(26)28(24)34/h6-8,10-11,15-16,20H,2-5,9,12-14,17-19H2,1H3,(H,29,33). The lowest BCUT2D eigenvalue weighted by Gasteiger charge is -2.31. The lowest BCUT2D eigenvalue weighted by atomic mass is 10.1. The minimum absolute atomic E-state index is 0.00494. The topological polar surface area (TPSA) is 76.5 Å². The first-order valence-electron chi connectivity index (χ1n) is 12.8. The van der Waals surface area contributed by atoms with Gasteiger partial charge in [-0.2, -0.15) is 0 Å². The zero-order chi connectivity index (χ0) is 24.2. The number of ether oxygens (including phenoxy) is 1. The van der Waals surface area contributed by atoms with Crippen molar-refractivity contribution in [3.8, 4) is 0 Å². The Labute approximate surface area is 206 Å². The maximum absolute atomic E-state index is 13.0. The van der Waals surface area contributed by atoms with Gasteiger partial charge in [0.1, 0.15) is 5.82 Å². The van der Waals surface area contributed by atoms with Crippen molar-refractivity contribution in [1.82, 2.24) is 19.8 Å². The number of morpholine rings is 1. The lowest BCUT2D eigenvalue weighted by Crippen LogP contribution is -2.40. The van der Waals surface area contributed by atoms with Gasteiger partial charge in [-0.05, 0) is 49.1 Å². The Kier molecular flexibility index (Phi) is 7.25. The molecule has 0 radical (unpaired) electrons. The van der Waals surface area contributed by atoms with Gasteiger partial charge in [0, 0.05) is 44.7 Å². The molecule has 1 fully saturated rings. The van der Waals surface area contributed by atoms with Crippen LogP contribution in [-0.2, 0) is 30.8 Å². The van der Waals surface area contributed by atoms with Gasteiger partial charge in [0.15, 0.2) is 0 Å². The summed E-state index contributed by atoms with van der Waals surface area (Å²) in [6, 6.07) is 13.6. The lowest BCUT2D eigenvalue weighted by molar-refractivity contribution is -0.0212. The molecule has 2 aliphatic heterocycles. The van der Waals surface area contributed by atoms with Crippen LogP contribution in [0.1, 0.15) is 59.9 Å². The average molecular weight is 475 g/mol. The monoisotopic (exact) mass is 474 g/mol. The first-order valence-corrected chi connectivity index (χ1v) is 12.8. The Morgan fingerprint density at radius 2 is 1.94 bits per heavy atom. The molecule has 0 aliphatic carbocycles. The van der Waals surface area contributed by atoms with E-state index in [0.717, 1.165) is 69.9 Å². The number of aromatic nitrogens is 2. The van der Waals surface area contributed by atoms with E-state index >= 15 is 0 Å². The van der Waals surface area contributed by atoms with Crippen LogP contribution in [0.15, 0.2) is 47.3 Å². The van der Waals surface area contributed by atoms with Gasteiger partial charge in [-0.3, -0.25) is 19.1 Å². The summed E-state index contributed by atoms with van der Waals surface area (Å²) in [5, 5.41) is 3.61. The van der Waals surface area contributed by atoms with Gasteiger partial charge < -0.3 is 10.1 Å². The van der Waals surface area contributed by atoms with E-state index in [2.05, 4.69) is 29.3 Å². The van der Waals surface area contributed by atoms with Crippen LogP contribution in [0.25, 0.3) is 10.9 Å². The van der Waals surface area contributed by atoms with Crippen LogP contribution in [-0.4, -0.2) is 46.2 Å². The first kappa shape index (κ1) is 23.7. The molecule has 0 bridgehead atoms. The number of nitrogens with zero attached hydrogens (tertiary/aromatic N) is 3. The molecule has 1 aromatic heterocycles. The third kappa shape index (κ3) is 5.63. The number of rotatable bonds is 5. The van der Waals surface area contributed by atoms with Gasteiger partial charge in [-0.1, -0.05) is 37.1 Å². The smallest absolute Gasteiger partial charge is 0.261 e. The second-order valence-electron chi connectivity index (χ2n) is 9.80. The summed E-state index contributed by atoms with van der Waals surface area (Å²) in [5.41, 5.74) is 3.44. The highest BCUT2D eigenvalue weighted by Gasteiger charge is 2.17. The molecule has 0 spiro atoms. The second kappa shape index (κ2) is 10.7. The van der Waals surface area contributed by atoms with Crippen molar-refractivity contribution >= 4 is 16.8 Å². The van der Waals surface area contributed by atoms with Crippen LogP contribution in [0.2, 0.25) is 0 Å². The van der Waals surface area contributed by atoms with Crippen molar-refractivity contribution in [2.75, 3.05) is 19.7 Å². The fraction of sp³-hybridized carbons (Fsp3) is 0.464. The number of fused-ring (bicyclic) bond motifs is 2. The maximum Gasteiger partial charge on any atom is 0.261 e. The molecule has 2 aromatic carbocycles. The van der Waals surface area contributed by atoms with E-state index in [9.17, 15) is 9.59 Å². The van der Waals surface area contributed by atoms with Crippen molar-refractivity contribution < 1.29 is 9.53 Å². The highest BCUT2D eigenvalue weighted by Crippen LogP contribution is 2.17. The van der Waals surface area contributed by atoms with Gasteiger partial charge in [0.2, 0.25) is 0 Å². The molecule has 3 heterocycles. The minimum atomic E-state index is -0.159. The molecule has 0 saturated carbocycles. The van der Waals surface area contributed by atoms with Crippen LogP contribution in [0.4, 0.5) is 0 Å². The number of amides is 1. The zero-order valence-electron chi connectivity index (χ0n) is 20.5. The molecule has 3 aromatic rings. The molecule has 1 N–H and O–H groups in total. The Hall–Kier alpha value is -3.03. The van der Waals surface area contributed by atoms with Crippen molar-refractivity contribution in [3.63, 3.8) is 0 Å². The number of aryl methyl sites for hydroxylation is 1. The summed E-state index contributed by atoms with van der Waals surface area (Å²) in [6.07, 6.45) is 5.44. The number of benzene rings is 2. The SMILES string of the molecule is CC1CN(Cc2cccc(CNC(=O)c3ccc4c(=O)n5c(nc4c3)CCCCCC5)c2)CCO1. The maximum atomic E-state index is 13.0. The van der Waals surface area contributed by atoms with Crippen molar-refractivity contribution in [2.24, 2.45) is 0 Å². The highest BCUT2D eigenvalue weighted by molar-refractivity contribution is 5.97. The quantitative estimate of drug-likeness (QED) is 0.611. The molecule has 5 rings (SSSR count). The van der Waals surface area contributed by atoms with Gasteiger partial charge in [0.05, 0.1) is 23.6 Å². The molecule has 35 heavy (non-hydrogen) atoms. The Morgan fingerprint density at radius 1 is 1.09 bits per heavy atom. The van der Waals surface area contributed by atoms with Gasteiger partial charge in [0.25, 0.3) is 11.5 Å². The predicted molar refractivity (Wildman–Crippen MR) is 136 cm³/mol. The van der Waals surface area contributed by atoms with Crippen LogP contribution in [0, 0.1) is 0 Å². The third-order valence-electron chi connectivity index (χ3n) is 7.00. The van der Waals surface area contributed by atoms with Gasteiger partial charge in [-0.15, -0.1) is 0 Å². The molecule has 184 valence electrons. The summed E-state index contributed by atoms with van der Waals surface area (Å²) < 4.78 is 7.46. The molecule has 7 nitrogen and oxygen atoms in total. The van der Waals surface area contributed by atoms with E-state index in [0.29, 0.717) is 23.0 Å². The number of nitrogens with one attached hydrogen (secondary N) is 1. The Morgan fingerprint density at radius 3 is 2.83 bits per heavy atom. The molecule has 2 aliphatic rings. The average Bonchev–Trinajstić information content (AvgIpc) is 2.84. The van der Waals surface area contributed by atoms with E-state index in [-0.39, 0.29) is 17.6 Å². The van der Waals surface area contributed by atoms with Crippen LogP contribution < -0.4 is 10.9 Å². The summed E-state index contributed by atoms with van der Waals surface area (Å²) in [4.78, 5) is 33.1. The normalized spacial score (nSPS) is 19.1. The largest absolute Gasteiger partial charge is 0.376 e. The summed E-state index contributed by atoms with van der Waals surface area (Å²) >= 11 is 0. The highest BCUT2D eigenvalue weighted by atomic mass is 16.5. The molecular weight excluding hydrogens is 440 g/mol. The van der Waals surface area contributed by atoms with Gasteiger partial charge in [-0.25, -0.2) is 4.98 Å². The van der Waals surface area contributed by atoms with Crippen molar-refractivity contribution in [3.05, 3.63) is 75.3 Å².